The quantitative estimate of drug-likeness (QED) is 0.758. The van der Waals surface area contributed by atoms with Crippen LogP contribution in [0.4, 0.5) is 5.69 Å². The molecule has 1 amide bonds. The van der Waals surface area contributed by atoms with E-state index < -0.39 is 6.04 Å². The molecule has 1 atom stereocenters. The van der Waals surface area contributed by atoms with Crippen LogP contribution in [0, 0.1) is 5.92 Å². The number of rotatable bonds is 6. The molecule has 0 radical (unpaired) electrons. The molecule has 0 aliphatic carbocycles. The molecule has 1 aliphatic rings. The van der Waals surface area contributed by atoms with Crippen molar-refractivity contribution in [3.63, 3.8) is 0 Å². The summed E-state index contributed by atoms with van der Waals surface area (Å²) in [6.45, 7) is 1.76. The third-order valence-corrected chi connectivity index (χ3v) is 4.31. The van der Waals surface area contributed by atoms with E-state index in [4.69, 9.17) is 15.2 Å². The lowest BCUT2D eigenvalue weighted by molar-refractivity contribution is -0.119. The van der Waals surface area contributed by atoms with Crippen molar-refractivity contribution in [2.75, 3.05) is 18.5 Å². The van der Waals surface area contributed by atoms with E-state index in [-0.39, 0.29) is 36.6 Å². The Kier molecular flexibility index (Phi) is 10.1. The molecular formula is C19H25Cl2N3O3. The predicted molar refractivity (Wildman–Crippen MR) is 110 cm³/mol. The van der Waals surface area contributed by atoms with E-state index in [2.05, 4.69) is 10.3 Å². The second kappa shape index (κ2) is 11.8. The largest absolute Gasteiger partial charge is 0.489 e. The zero-order chi connectivity index (χ0) is 17.5. The number of nitrogens with one attached hydrogen (secondary N) is 1. The highest BCUT2D eigenvalue weighted by Crippen LogP contribution is 2.21. The fourth-order valence-electron chi connectivity index (χ4n) is 2.83. The van der Waals surface area contributed by atoms with Gasteiger partial charge in [0.1, 0.15) is 12.4 Å². The molecular weight excluding hydrogens is 389 g/mol. The number of halogens is 2. The maximum absolute atomic E-state index is 12.4. The van der Waals surface area contributed by atoms with Crippen molar-refractivity contribution in [3.8, 4) is 5.75 Å². The van der Waals surface area contributed by atoms with Gasteiger partial charge in [0, 0.05) is 42.9 Å². The van der Waals surface area contributed by atoms with Crippen LogP contribution in [0.3, 0.4) is 0 Å². The van der Waals surface area contributed by atoms with Gasteiger partial charge in [0.05, 0.1) is 6.04 Å². The number of carbonyl (C=O) groups excluding carboxylic acids is 1. The number of nitrogens with zero attached hydrogens (tertiary/aromatic N) is 1. The molecule has 0 saturated carbocycles. The highest BCUT2D eigenvalue weighted by molar-refractivity contribution is 5.95. The molecule has 3 rings (SSSR count). The number of ether oxygens (including phenoxy) is 2. The van der Waals surface area contributed by atoms with Crippen LogP contribution in [0.5, 0.6) is 5.75 Å². The average molecular weight is 414 g/mol. The lowest BCUT2D eigenvalue weighted by Gasteiger charge is -2.26. The summed E-state index contributed by atoms with van der Waals surface area (Å²) in [5.41, 5.74) is 7.77. The number of carbonyl (C=O) groups is 1. The molecule has 1 aromatic carbocycles. The van der Waals surface area contributed by atoms with E-state index in [0.717, 1.165) is 18.4 Å². The van der Waals surface area contributed by atoms with Gasteiger partial charge >= 0.3 is 0 Å². The Bertz CT molecular complexity index is 698. The summed E-state index contributed by atoms with van der Waals surface area (Å²) >= 11 is 0. The van der Waals surface area contributed by atoms with Gasteiger partial charge in [-0.25, -0.2) is 0 Å². The number of anilines is 1. The number of pyridine rings is 1. The average Bonchev–Trinajstić information content (AvgIpc) is 2.67. The first-order valence-electron chi connectivity index (χ1n) is 8.48. The predicted octanol–water partition coefficient (Wildman–Crippen LogP) is 3.20. The van der Waals surface area contributed by atoms with Crippen molar-refractivity contribution in [1.29, 1.82) is 0 Å². The number of hydrogen-bond donors (Lipinski definition) is 2. The minimum Gasteiger partial charge on any atom is -0.489 e. The first-order chi connectivity index (χ1) is 12.2. The molecule has 1 aliphatic heterocycles. The monoisotopic (exact) mass is 413 g/mol. The SMILES string of the molecule is Cl.Cl.NC(C(=O)Nc1cccc(OCc2cccnc2)c1)C1CCOCC1. The van der Waals surface area contributed by atoms with Gasteiger partial charge in [-0.1, -0.05) is 12.1 Å². The molecule has 2 heterocycles. The maximum Gasteiger partial charge on any atom is 0.241 e. The number of aromatic nitrogens is 1. The van der Waals surface area contributed by atoms with Gasteiger partial charge in [-0.15, -0.1) is 24.8 Å². The Morgan fingerprint density at radius 3 is 2.74 bits per heavy atom. The second-order valence-electron chi connectivity index (χ2n) is 6.14. The standard InChI is InChI=1S/C19H23N3O3.2ClH/c20-18(15-6-9-24-10-7-15)19(23)22-16-4-1-5-17(11-16)25-13-14-3-2-8-21-12-14;;/h1-5,8,11-12,15,18H,6-7,9-10,13,20H2,(H,22,23);2*1H. The lowest BCUT2D eigenvalue weighted by atomic mass is 9.92. The fourth-order valence-corrected chi connectivity index (χ4v) is 2.83. The van der Waals surface area contributed by atoms with Crippen LogP contribution >= 0.6 is 24.8 Å². The molecule has 1 unspecified atom stereocenters. The van der Waals surface area contributed by atoms with Gasteiger partial charge in [-0.3, -0.25) is 9.78 Å². The minimum atomic E-state index is -0.524. The number of benzene rings is 1. The Labute approximate surface area is 171 Å². The topological polar surface area (TPSA) is 86.5 Å². The summed E-state index contributed by atoms with van der Waals surface area (Å²) in [5, 5.41) is 2.88. The highest BCUT2D eigenvalue weighted by Gasteiger charge is 2.26. The zero-order valence-electron chi connectivity index (χ0n) is 14.9. The lowest BCUT2D eigenvalue weighted by Crippen LogP contribution is -2.43. The Balaban J connectivity index is 0.00000182. The molecule has 1 aromatic heterocycles. The third-order valence-electron chi connectivity index (χ3n) is 4.31. The van der Waals surface area contributed by atoms with Crippen LogP contribution in [-0.4, -0.2) is 30.1 Å². The van der Waals surface area contributed by atoms with Gasteiger partial charge in [0.25, 0.3) is 0 Å². The summed E-state index contributed by atoms with van der Waals surface area (Å²) in [5.74, 6) is 0.677. The number of hydrogen-bond acceptors (Lipinski definition) is 5. The van der Waals surface area contributed by atoms with Crippen LogP contribution in [0.1, 0.15) is 18.4 Å². The molecule has 1 fully saturated rings. The molecule has 0 bridgehead atoms. The zero-order valence-corrected chi connectivity index (χ0v) is 16.5. The van der Waals surface area contributed by atoms with Crippen molar-refractivity contribution >= 4 is 36.4 Å². The van der Waals surface area contributed by atoms with Gasteiger partial charge < -0.3 is 20.5 Å². The molecule has 6 nitrogen and oxygen atoms in total. The van der Waals surface area contributed by atoms with Crippen molar-refractivity contribution in [1.82, 2.24) is 4.98 Å². The van der Waals surface area contributed by atoms with Crippen LogP contribution < -0.4 is 15.8 Å². The van der Waals surface area contributed by atoms with Crippen LogP contribution in [0.25, 0.3) is 0 Å². The van der Waals surface area contributed by atoms with Gasteiger partial charge in [0.2, 0.25) is 5.91 Å². The summed E-state index contributed by atoms with van der Waals surface area (Å²) < 4.78 is 11.1. The normalized spacial score (nSPS) is 15.0. The van der Waals surface area contributed by atoms with E-state index in [0.29, 0.717) is 31.3 Å². The second-order valence-corrected chi connectivity index (χ2v) is 6.14. The maximum atomic E-state index is 12.4. The minimum absolute atomic E-state index is 0. The van der Waals surface area contributed by atoms with Crippen molar-refractivity contribution < 1.29 is 14.3 Å². The molecule has 1 saturated heterocycles. The van der Waals surface area contributed by atoms with Gasteiger partial charge in [-0.05, 0) is 37.0 Å². The Morgan fingerprint density at radius 1 is 1.26 bits per heavy atom. The molecule has 3 N–H and O–H groups in total. The highest BCUT2D eigenvalue weighted by atomic mass is 35.5. The van der Waals surface area contributed by atoms with E-state index in [1.165, 1.54) is 0 Å². The molecule has 8 heteroatoms. The van der Waals surface area contributed by atoms with E-state index in [1.54, 1.807) is 18.5 Å². The van der Waals surface area contributed by atoms with Crippen molar-refractivity contribution in [2.24, 2.45) is 11.7 Å². The summed E-state index contributed by atoms with van der Waals surface area (Å²) in [6, 6.07) is 10.6. The number of amides is 1. The Morgan fingerprint density at radius 2 is 2.04 bits per heavy atom. The van der Waals surface area contributed by atoms with Crippen LogP contribution in [0.15, 0.2) is 48.8 Å². The van der Waals surface area contributed by atoms with Gasteiger partial charge in [-0.2, -0.15) is 0 Å². The van der Waals surface area contributed by atoms with Crippen molar-refractivity contribution in [3.05, 3.63) is 54.4 Å². The fraction of sp³-hybridized carbons (Fsp3) is 0.368. The first-order valence-corrected chi connectivity index (χ1v) is 8.48. The first kappa shape index (κ1) is 23.2. The third kappa shape index (κ3) is 6.99. The van der Waals surface area contributed by atoms with Crippen LogP contribution in [-0.2, 0) is 16.1 Å². The van der Waals surface area contributed by atoms with Crippen molar-refractivity contribution in [2.45, 2.75) is 25.5 Å². The summed E-state index contributed by atoms with van der Waals surface area (Å²) in [4.78, 5) is 16.4. The number of nitrogens with two attached hydrogens (primary N) is 1. The van der Waals surface area contributed by atoms with E-state index >= 15 is 0 Å². The van der Waals surface area contributed by atoms with E-state index in [9.17, 15) is 4.79 Å². The molecule has 2 aromatic rings. The van der Waals surface area contributed by atoms with Gasteiger partial charge in [0.15, 0.2) is 0 Å². The van der Waals surface area contributed by atoms with Crippen LogP contribution in [0.2, 0.25) is 0 Å². The summed E-state index contributed by atoms with van der Waals surface area (Å²) in [6.07, 6.45) is 5.13. The molecule has 148 valence electrons. The van der Waals surface area contributed by atoms with E-state index in [1.807, 2.05) is 30.3 Å². The smallest absolute Gasteiger partial charge is 0.241 e. The molecule has 0 spiro atoms. The Hall–Kier alpha value is -1.86. The molecule has 27 heavy (non-hydrogen) atoms. The summed E-state index contributed by atoms with van der Waals surface area (Å²) in [7, 11) is 0.